The number of hydrogen-bond acceptors (Lipinski definition) is 4. The van der Waals surface area contributed by atoms with Crippen molar-refractivity contribution in [3.63, 3.8) is 0 Å². The maximum atomic E-state index is 10.5. The highest BCUT2D eigenvalue weighted by Crippen LogP contribution is 2.31. The van der Waals surface area contributed by atoms with Gasteiger partial charge in [-0.25, -0.2) is 4.52 Å². The molecule has 20 heavy (non-hydrogen) atoms. The van der Waals surface area contributed by atoms with E-state index in [0.29, 0.717) is 23.4 Å². The lowest BCUT2D eigenvalue weighted by molar-refractivity contribution is 0.00488. The van der Waals surface area contributed by atoms with Crippen LogP contribution in [0.3, 0.4) is 0 Å². The second-order valence-corrected chi connectivity index (χ2v) is 6.28. The van der Waals surface area contributed by atoms with Crippen LogP contribution >= 0.6 is 11.6 Å². The van der Waals surface area contributed by atoms with Gasteiger partial charge in [0.1, 0.15) is 0 Å². The maximum Gasteiger partial charge on any atom is 0.243 e. The zero-order valence-electron chi connectivity index (χ0n) is 11.5. The van der Waals surface area contributed by atoms with Crippen LogP contribution in [-0.4, -0.2) is 31.9 Å². The Balaban J connectivity index is 1.67. The van der Waals surface area contributed by atoms with Crippen molar-refractivity contribution in [2.24, 2.45) is 5.92 Å². The van der Waals surface area contributed by atoms with Crippen molar-refractivity contribution in [1.29, 1.82) is 0 Å². The summed E-state index contributed by atoms with van der Waals surface area (Å²) in [6, 6.07) is 3.60. The fraction of sp³-hybridized carbons (Fsp3) is 0.571. The lowest BCUT2D eigenvalue weighted by Gasteiger charge is -2.34. The number of nitrogens with one attached hydrogen (secondary N) is 1. The number of nitrogens with zero attached hydrogens (tertiary/aromatic N) is 3. The Morgan fingerprint density at radius 2 is 2.20 bits per heavy atom. The number of aliphatic hydroxyl groups is 1. The van der Waals surface area contributed by atoms with Gasteiger partial charge in [-0.3, -0.25) is 0 Å². The fourth-order valence-corrected chi connectivity index (χ4v) is 2.81. The molecule has 1 fully saturated rings. The van der Waals surface area contributed by atoms with E-state index in [4.69, 9.17) is 11.6 Å². The van der Waals surface area contributed by atoms with Crippen molar-refractivity contribution in [2.75, 3.05) is 11.9 Å². The minimum atomic E-state index is -0.637. The molecule has 0 atom stereocenters. The molecule has 0 aromatic carbocycles. The van der Waals surface area contributed by atoms with Gasteiger partial charge in [-0.1, -0.05) is 18.5 Å². The van der Waals surface area contributed by atoms with Gasteiger partial charge in [0.15, 0.2) is 5.65 Å². The monoisotopic (exact) mass is 294 g/mol. The summed E-state index contributed by atoms with van der Waals surface area (Å²) in [5, 5.41) is 18.6. The van der Waals surface area contributed by atoms with Gasteiger partial charge >= 0.3 is 0 Å². The molecule has 3 rings (SSSR count). The molecule has 0 bridgehead atoms. The van der Waals surface area contributed by atoms with Gasteiger partial charge in [-0.15, -0.1) is 5.10 Å². The highest BCUT2D eigenvalue weighted by atomic mass is 35.5. The van der Waals surface area contributed by atoms with Gasteiger partial charge in [-0.2, -0.15) is 4.98 Å². The Morgan fingerprint density at radius 1 is 1.45 bits per heavy atom. The van der Waals surface area contributed by atoms with E-state index in [0.717, 1.165) is 31.3 Å². The molecule has 2 aromatic rings. The van der Waals surface area contributed by atoms with Crippen molar-refractivity contribution in [1.82, 2.24) is 14.6 Å². The first kappa shape index (κ1) is 13.6. The first-order chi connectivity index (χ1) is 9.54. The third-order valence-corrected chi connectivity index (χ3v) is 4.30. The van der Waals surface area contributed by atoms with Gasteiger partial charge in [0.05, 0.1) is 10.6 Å². The normalized spacial score (nSPS) is 26.9. The van der Waals surface area contributed by atoms with Crippen LogP contribution in [0.25, 0.3) is 5.65 Å². The first-order valence-electron chi connectivity index (χ1n) is 7.02. The van der Waals surface area contributed by atoms with E-state index in [9.17, 15) is 5.11 Å². The molecular formula is C14H19ClN4O. The van der Waals surface area contributed by atoms with Crippen LogP contribution in [-0.2, 0) is 0 Å². The van der Waals surface area contributed by atoms with Crippen LogP contribution in [0.1, 0.15) is 32.6 Å². The maximum absolute atomic E-state index is 10.5. The second kappa shape index (κ2) is 5.22. The molecule has 108 valence electrons. The number of pyridine rings is 1. The van der Waals surface area contributed by atoms with Gasteiger partial charge in [0.2, 0.25) is 5.95 Å². The standard InChI is InChI=1S/C14H19ClN4O/c1-10-4-6-14(20,7-5-10)9-16-13-17-12-3-2-11(15)8-19(12)18-13/h2-3,8,10,20H,4-7,9H2,1H3,(H,16,18). The molecule has 0 saturated heterocycles. The largest absolute Gasteiger partial charge is 0.388 e. The summed E-state index contributed by atoms with van der Waals surface area (Å²) in [4.78, 5) is 4.36. The Kier molecular flexibility index (Phi) is 3.56. The van der Waals surface area contributed by atoms with Crippen LogP contribution < -0.4 is 5.32 Å². The smallest absolute Gasteiger partial charge is 0.243 e. The first-order valence-corrected chi connectivity index (χ1v) is 7.40. The van der Waals surface area contributed by atoms with E-state index in [1.807, 2.05) is 6.07 Å². The number of aromatic nitrogens is 3. The summed E-state index contributed by atoms with van der Waals surface area (Å²) in [5.74, 6) is 1.24. The molecule has 1 aliphatic rings. The number of rotatable bonds is 3. The average Bonchev–Trinajstić information content (AvgIpc) is 2.82. The SMILES string of the molecule is CC1CCC(O)(CNc2nc3ccc(Cl)cn3n2)CC1. The summed E-state index contributed by atoms with van der Waals surface area (Å²) >= 11 is 5.91. The summed E-state index contributed by atoms with van der Waals surface area (Å²) in [5.41, 5.74) is 0.0999. The van der Waals surface area contributed by atoms with Crippen LogP contribution in [0, 0.1) is 5.92 Å². The molecule has 0 spiro atoms. The highest BCUT2D eigenvalue weighted by Gasteiger charge is 2.31. The molecule has 2 N–H and O–H groups in total. The minimum absolute atomic E-state index is 0.490. The van der Waals surface area contributed by atoms with Crippen LogP contribution in [0.2, 0.25) is 5.02 Å². The molecular weight excluding hydrogens is 276 g/mol. The summed E-state index contributed by atoms with van der Waals surface area (Å²) < 4.78 is 1.64. The van der Waals surface area contributed by atoms with Crippen molar-refractivity contribution < 1.29 is 5.11 Å². The van der Waals surface area contributed by atoms with Crippen molar-refractivity contribution in [2.45, 2.75) is 38.2 Å². The van der Waals surface area contributed by atoms with Crippen molar-refractivity contribution in [3.05, 3.63) is 23.4 Å². The van der Waals surface area contributed by atoms with Gasteiger partial charge in [0, 0.05) is 12.7 Å². The zero-order valence-corrected chi connectivity index (χ0v) is 12.3. The molecule has 2 aromatic heterocycles. The number of anilines is 1. The third-order valence-electron chi connectivity index (χ3n) is 4.08. The van der Waals surface area contributed by atoms with E-state index >= 15 is 0 Å². The Morgan fingerprint density at radius 3 is 2.95 bits per heavy atom. The highest BCUT2D eigenvalue weighted by molar-refractivity contribution is 6.30. The zero-order chi connectivity index (χ0) is 14.2. The van der Waals surface area contributed by atoms with Crippen molar-refractivity contribution >= 4 is 23.2 Å². The molecule has 0 amide bonds. The molecule has 2 heterocycles. The fourth-order valence-electron chi connectivity index (χ4n) is 2.65. The van der Waals surface area contributed by atoms with Gasteiger partial charge in [0.25, 0.3) is 0 Å². The van der Waals surface area contributed by atoms with E-state index in [1.54, 1.807) is 16.8 Å². The Labute approximate surface area is 123 Å². The predicted octanol–water partition coefficient (Wildman–Crippen LogP) is 2.74. The molecule has 1 aliphatic carbocycles. The van der Waals surface area contributed by atoms with Crippen LogP contribution in [0.15, 0.2) is 18.3 Å². The minimum Gasteiger partial charge on any atom is -0.388 e. The van der Waals surface area contributed by atoms with Crippen LogP contribution in [0.4, 0.5) is 5.95 Å². The average molecular weight is 295 g/mol. The number of fused-ring (bicyclic) bond motifs is 1. The van der Waals surface area contributed by atoms with E-state index in [2.05, 4.69) is 22.3 Å². The van der Waals surface area contributed by atoms with Gasteiger partial charge in [-0.05, 0) is 43.7 Å². The lowest BCUT2D eigenvalue weighted by Crippen LogP contribution is -2.40. The van der Waals surface area contributed by atoms with Crippen LogP contribution in [0.5, 0.6) is 0 Å². The van der Waals surface area contributed by atoms with Crippen molar-refractivity contribution in [3.8, 4) is 0 Å². The predicted molar refractivity (Wildman–Crippen MR) is 79.1 cm³/mol. The topological polar surface area (TPSA) is 62.5 Å². The summed E-state index contributed by atoms with van der Waals surface area (Å²) in [6.45, 7) is 2.73. The molecule has 5 nitrogen and oxygen atoms in total. The molecule has 0 unspecified atom stereocenters. The Bertz CT molecular complexity index is 604. The second-order valence-electron chi connectivity index (χ2n) is 5.85. The molecule has 0 radical (unpaired) electrons. The third kappa shape index (κ3) is 2.88. The molecule has 6 heteroatoms. The molecule has 0 aliphatic heterocycles. The number of halogens is 1. The Hall–Kier alpha value is -1.33. The van der Waals surface area contributed by atoms with E-state index in [-0.39, 0.29) is 0 Å². The van der Waals surface area contributed by atoms with E-state index < -0.39 is 5.60 Å². The van der Waals surface area contributed by atoms with Gasteiger partial charge < -0.3 is 10.4 Å². The lowest BCUT2D eigenvalue weighted by atomic mass is 9.79. The molecule has 1 saturated carbocycles. The van der Waals surface area contributed by atoms with E-state index in [1.165, 1.54) is 0 Å². The summed E-state index contributed by atoms with van der Waals surface area (Å²) in [7, 11) is 0. The summed E-state index contributed by atoms with van der Waals surface area (Å²) in [6.07, 6.45) is 5.53. The number of hydrogen-bond donors (Lipinski definition) is 2. The quantitative estimate of drug-likeness (QED) is 0.914.